The number of pyridine rings is 1. The van der Waals surface area contributed by atoms with Gasteiger partial charge in [0.15, 0.2) is 0 Å². The summed E-state index contributed by atoms with van der Waals surface area (Å²) in [6, 6.07) is 4.18. The minimum atomic E-state index is 0.659. The molecule has 0 radical (unpaired) electrons. The summed E-state index contributed by atoms with van der Waals surface area (Å²) >= 11 is 5.26. The van der Waals surface area contributed by atoms with E-state index in [1.165, 1.54) is 18.4 Å². The van der Waals surface area contributed by atoms with E-state index >= 15 is 0 Å². The van der Waals surface area contributed by atoms with Gasteiger partial charge < -0.3 is 10.3 Å². The van der Waals surface area contributed by atoms with Crippen molar-refractivity contribution < 1.29 is 0 Å². The first-order valence-corrected chi connectivity index (χ1v) is 5.17. The van der Waals surface area contributed by atoms with Gasteiger partial charge in [0.25, 0.3) is 0 Å². The lowest BCUT2D eigenvalue weighted by molar-refractivity contribution is 0.459. The Morgan fingerprint density at radius 3 is 2.77 bits per heavy atom. The molecule has 0 atom stereocenters. The Labute approximate surface area is 83.4 Å². The molecule has 0 saturated carbocycles. The molecule has 0 spiro atoms. The van der Waals surface area contributed by atoms with Crippen LogP contribution < -0.4 is 5.32 Å². The minimum Gasteiger partial charge on any atom is -0.353 e. The lowest BCUT2D eigenvalue weighted by Crippen LogP contribution is -2.26. The maximum absolute atomic E-state index is 5.26. The predicted molar refractivity (Wildman–Crippen MR) is 56.5 cm³/mol. The van der Waals surface area contributed by atoms with Crippen LogP contribution in [0.3, 0.4) is 0 Å². The molecule has 0 amide bonds. The van der Waals surface area contributed by atoms with Gasteiger partial charge in [0.05, 0.1) is 0 Å². The third-order valence-corrected chi connectivity index (χ3v) is 2.98. The van der Waals surface area contributed by atoms with E-state index in [0.29, 0.717) is 5.92 Å². The SMILES string of the molecule is S=c1[nH]cccc1C1CCNCC1. The highest BCUT2D eigenvalue weighted by atomic mass is 32.1. The second-order valence-corrected chi connectivity index (χ2v) is 3.89. The van der Waals surface area contributed by atoms with Crippen molar-refractivity contribution in [2.45, 2.75) is 18.8 Å². The smallest absolute Gasteiger partial charge is 0.106 e. The van der Waals surface area contributed by atoms with Crippen molar-refractivity contribution in [2.75, 3.05) is 13.1 Å². The topological polar surface area (TPSA) is 27.8 Å². The average Bonchev–Trinajstić information content (AvgIpc) is 2.20. The van der Waals surface area contributed by atoms with Crippen molar-refractivity contribution in [1.29, 1.82) is 0 Å². The molecule has 0 aliphatic carbocycles. The van der Waals surface area contributed by atoms with E-state index < -0.39 is 0 Å². The predicted octanol–water partition coefficient (Wildman–Crippen LogP) is 2.21. The van der Waals surface area contributed by atoms with E-state index in [0.717, 1.165) is 17.7 Å². The van der Waals surface area contributed by atoms with Crippen LogP contribution in [0.25, 0.3) is 0 Å². The molecule has 2 nitrogen and oxygen atoms in total. The molecular weight excluding hydrogens is 180 g/mol. The number of hydrogen-bond donors (Lipinski definition) is 2. The molecule has 1 fully saturated rings. The Kier molecular flexibility index (Phi) is 2.76. The number of rotatable bonds is 1. The summed E-state index contributed by atoms with van der Waals surface area (Å²) in [7, 11) is 0. The standard InChI is InChI=1S/C10H14N2S/c13-10-9(2-1-5-12-10)8-3-6-11-7-4-8/h1-2,5,8,11H,3-4,6-7H2,(H,12,13). The lowest BCUT2D eigenvalue weighted by atomic mass is 9.91. The number of H-pyrrole nitrogens is 1. The fourth-order valence-electron chi connectivity index (χ4n) is 1.89. The van der Waals surface area contributed by atoms with E-state index in [-0.39, 0.29) is 0 Å². The van der Waals surface area contributed by atoms with Crippen LogP contribution in [0.1, 0.15) is 24.3 Å². The molecule has 1 aromatic heterocycles. The molecular formula is C10H14N2S. The van der Waals surface area contributed by atoms with Gasteiger partial charge in [-0.05, 0) is 43.5 Å². The van der Waals surface area contributed by atoms with Gasteiger partial charge >= 0.3 is 0 Å². The van der Waals surface area contributed by atoms with Crippen molar-refractivity contribution in [3.05, 3.63) is 28.5 Å². The lowest BCUT2D eigenvalue weighted by Gasteiger charge is -2.22. The van der Waals surface area contributed by atoms with E-state index in [4.69, 9.17) is 12.2 Å². The second kappa shape index (κ2) is 4.03. The molecule has 70 valence electrons. The Hall–Kier alpha value is -0.670. The summed E-state index contributed by atoms with van der Waals surface area (Å²) < 4.78 is 0.911. The monoisotopic (exact) mass is 194 g/mol. The normalized spacial score (nSPS) is 18.8. The van der Waals surface area contributed by atoms with Crippen molar-refractivity contribution in [1.82, 2.24) is 10.3 Å². The highest BCUT2D eigenvalue weighted by Gasteiger charge is 2.15. The molecule has 2 rings (SSSR count). The van der Waals surface area contributed by atoms with Gasteiger partial charge in [-0.2, -0.15) is 0 Å². The molecule has 2 N–H and O–H groups in total. The van der Waals surface area contributed by atoms with Crippen molar-refractivity contribution >= 4 is 12.2 Å². The van der Waals surface area contributed by atoms with E-state index in [1.54, 1.807) is 0 Å². The number of piperidine rings is 1. The zero-order valence-corrected chi connectivity index (χ0v) is 8.36. The fourth-order valence-corrected chi connectivity index (χ4v) is 2.19. The maximum Gasteiger partial charge on any atom is 0.106 e. The molecule has 0 unspecified atom stereocenters. The van der Waals surface area contributed by atoms with Crippen LogP contribution in [0.2, 0.25) is 0 Å². The summed E-state index contributed by atoms with van der Waals surface area (Å²) in [6.07, 6.45) is 4.32. The quantitative estimate of drug-likeness (QED) is 0.671. The Morgan fingerprint density at radius 1 is 1.31 bits per heavy atom. The molecule has 1 aliphatic heterocycles. The number of hydrogen-bond acceptors (Lipinski definition) is 2. The highest BCUT2D eigenvalue weighted by molar-refractivity contribution is 7.71. The van der Waals surface area contributed by atoms with Crippen LogP contribution in [-0.4, -0.2) is 18.1 Å². The summed E-state index contributed by atoms with van der Waals surface area (Å²) in [5, 5.41) is 3.36. The van der Waals surface area contributed by atoms with Gasteiger partial charge in [-0.1, -0.05) is 18.3 Å². The van der Waals surface area contributed by atoms with Gasteiger partial charge in [0.2, 0.25) is 0 Å². The zero-order valence-electron chi connectivity index (χ0n) is 7.55. The van der Waals surface area contributed by atoms with Crippen LogP contribution in [0.5, 0.6) is 0 Å². The van der Waals surface area contributed by atoms with Crippen LogP contribution in [0.15, 0.2) is 18.3 Å². The van der Waals surface area contributed by atoms with E-state index in [1.807, 2.05) is 12.3 Å². The molecule has 0 bridgehead atoms. The van der Waals surface area contributed by atoms with Crippen LogP contribution >= 0.6 is 12.2 Å². The van der Waals surface area contributed by atoms with Crippen molar-refractivity contribution in [2.24, 2.45) is 0 Å². The summed E-state index contributed by atoms with van der Waals surface area (Å²) in [5.74, 6) is 0.659. The molecule has 1 saturated heterocycles. The number of aromatic amines is 1. The molecule has 1 aromatic rings. The summed E-state index contributed by atoms with van der Waals surface area (Å²) in [4.78, 5) is 3.09. The van der Waals surface area contributed by atoms with Gasteiger partial charge in [-0.25, -0.2) is 0 Å². The Bertz CT molecular complexity index is 326. The van der Waals surface area contributed by atoms with Gasteiger partial charge in [-0.15, -0.1) is 0 Å². The molecule has 3 heteroatoms. The maximum atomic E-state index is 5.26. The first-order chi connectivity index (χ1) is 6.38. The van der Waals surface area contributed by atoms with Gasteiger partial charge in [0, 0.05) is 6.20 Å². The number of aromatic nitrogens is 1. The van der Waals surface area contributed by atoms with Gasteiger partial charge in [0.1, 0.15) is 4.64 Å². The van der Waals surface area contributed by atoms with Crippen molar-refractivity contribution in [3.63, 3.8) is 0 Å². The average molecular weight is 194 g/mol. The zero-order chi connectivity index (χ0) is 9.10. The highest BCUT2D eigenvalue weighted by Crippen LogP contribution is 2.24. The largest absolute Gasteiger partial charge is 0.353 e. The molecule has 2 heterocycles. The van der Waals surface area contributed by atoms with Crippen LogP contribution in [-0.2, 0) is 0 Å². The van der Waals surface area contributed by atoms with E-state index in [2.05, 4.69) is 16.4 Å². The molecule has 13 heavy (non-hydrogen) atoms. The molecule has 1 aliphatic rings. The summed E-state index contributed by atoms with van der Waals surface area (Å²) in [6.45, 7) is 2.24. The van der Waals surface area contributed by atoms with E-state index in [9.17, 15) is 0 Å². The van der Waals surface area contributed by atoms with Gasteiger partial charge in [-0.3, -0.25) is 0 Å². The molecule has 0 aromatic carbocycles. The third-order valence-electron chi connectivity index (χ3n) is 2.63. The Balaban J connectivity index is 2.24. The fraction of sp³-hybridized carbons (Fsp3) is 0.500. The second-order valence-electron chi connectivity index (χ2n) is 3.48. The number of nitrogens with one attached hydrogen (secondary N) is 2. The minimum absolute atomic E-state index is 0.659. The first-order valence-electron chi connectivity index (χ1n) is 4.76. The van der Waals surface area contributed by atoms with Crippen molar-refractivity contribution in [3.8, 4) is 0 Å². The third kappa shape index (κ3) is 1.98. The van der Waals surface area contributed by atoms with Crippen LogP contribution in [0.4, 0.5) is 0 Å². The Morgan fingerprint density at radius 2 is 2.08 bits per heavy atom. The van der Waals surface area contributed by atoms with Crippen LogP contribution in [0, 0.1) is 4.64 Å². The first kappa shape index (κ1) is 8.91. The summed E-state index contributed by atoms with van der Waals surface area (Å²) in [5.41, 5.74) is 1.32.